The molecule has 0 unspecified atom stereocenters. The zero-order valence-electron chi connectivity index (χ0n) is 9.66. The minimum Gasteiger partial charge on any atom is -0.382 e. The number of quaternary nitrogens is 1. The van der Waals surface area contributed by atoms with E-state index in [0.29, 0.717) is 0 Å². The predicted molar refractivity (Wildman–Crippen MR) is 70.1 cm³/mol. The molecule has 86 valence electrons. The van der Waals surface area contributed by atoms with Crippen LogP contribution in [0.3, 0.4) is 0 Å². The predicted octanol–water partition coefficient (Wildman–Crippen LogP) is 2.70. The van der Waals surface area contributed by atoms with Crippen LogP contribution in [0.15, 0.2) is 60.7 Å². The maximum absolute atomic E-state index is 9.69. The zero-order valence-corrected chi connectivity index (χ0v) is 9.66. The van der Waals surface area contributed by atoms with Crippen molar-refractivity contribution in [3.05, 3.63) is 60.7 Å². The second-order valence-electron chi connectivity index (χ2n) is 4.66. The third-order valence-corrected chi connectivity index (χ3v) is 3.55. The highest BCUT2D eigenvalue weighted by Gasteiger charge is 2.46. The summed E-state index contributed by atoms with van der Waals surface area (Å²) in [5.74, 6) is 0. The van der Waals surface area contributed by atoms with Crippen LogP contribution in [0.5, 0.6) is 0 Å². The molecule has 3 rings (SSSR count). The summed E-state index contributed by atoms with van der Waals surface area (Å²) in [6.45, 7) is 1.54. The molecule has 1 fully saturated rings. The Morgan fingerprint density at radius 2 is 1.18 bits per heavy atom. The van der Waals surface area contributed by atoms with Gasteiger partial charge in [0.1, 0.15) is 24.5 Å². The summed E-state index contributed by atoms with van der Waals surface area (Å²) >= 11 is 0. The number of para-hydroxylation sites is 2. The Kier molecular flexibility index (Phi) is 2.46. The van der Waals surface area contributed by atoms with Crippen LogP contribution in [-0.4, -0.2) is 24.3 Å². The van der Waals surface area contributed by atoms with E-state index in [-0.39, 0.29) is 6.10 Å². The monoisotopic (exact) mass is 226 g/mol. The van der Waals surface area contributed by atoms with E-state index in [4.69, 9.17) is 0 Å². The van der Waals surface area contributed by atoms with E-state index in [9.17, 15) is 5.11 Å². The topological polar surface area (TPSA) is 20.2 Å². The van der Waals surface area contributed by atoms with Gasteiger partial charge in [0.25, 0.3) is 0 Å². The highest BCUT2D eigenvalue weighted by atomic mass is 16.3. The van der Waals surface area contributed by atoms with Crippen molar-refractivity contribution in [1.82, 2.24) is 4.48 Å². The molecule has 1 heterocycles. The van der Waals surface area contributed by atoms with Crippen molar-refractivity contribution >= 4 is 11.4 Å². The molecule has 1 aliphatic heterocycles. The van der Waals surface area contributed by atoms with Gasteiger partial charge >= 0.3 is 0 Å². The Balaban J connectivity index is 2.07. The van der Waals surface area contributed by atoms with Crippen LogP contribution in [0.2, 0.25) is 0 Å². The lowest BCUT2D eigenvalue weighted by Gasteiger charge is -2.47. The van der Waals surface area contributed by atoms with Crippen LogP contribution >= 0.6 is 0 Å². The first kappa shape index (κ1) is 10.5. The van der Waals surface area contributed by atoms with E-state index >= 15 is 0 Å². The average molecular weight is 226 g/mol. The van der Waals surface area contributed by atoms with Crippen molar-refractivity contribution < 1.29 is 5.11 Å². The molecule has 2 aromatic rings. The number of nitrogens with zero attached hydrogens (tertiary/aromatic N) is 1. The van der Waals surface area contributed by atoms with E-state index in [1.165, 1.54) is 11.4 Å². The maximum atomic E-state index is 9.69. The molecule has 0 amide bonds. The van der Waals surface area contributed by atoms with Gasteiger partial charge in [0.15, 0.2) is 6.10 Å². The Labute approximate surface area is 101 Å². The van der Waals surface area contributed by atoms with Gasteiger partial charge in [-0.25, -0.2) is 0 Å². The summed E-state index contributed by atoms with van der Waals surface area (Å²) in [6, 6.07) is 20.8. The van der Waals surface area contributed by atoms with Crippen LogP contribution in [0, 0.1) is 0 Å². The summed E-state index contributed by atoms with van der Waals surface area (Å²) in [7, 11) is 0. The fourth-order valence-corrected chi connectivity index (χ4v) is 2.66. The van der Waals surface area contributed by atoms with Gasteiger partial charge in [0, 0.05) is 0 Å². The standard InChI is InChI=1S/C15H16NO/c17-15-11-16(12-15,13-7-3-1-4-8-13)14-9-5-2-6-10-14/h1-10,15,17H,11-12H2/q+1. The first-order chi connectivity index (χ1) is 8.31. The molecule has 0 aliphatic carbocycles. The maximum Gasteiger partial charge on any atom is 0.153 e. The highest BCUT2D eigenvalue weighted by Crippen LogP contribution is 2.39. The first-order valence-corrected chi connectivity index (χ1v) is 5.98. The summed E-state index contributed by atoms with van der Waals surface area (Å²) in [6.07, 6.45) is -0.185. The molecule has 0 radical (unpaired) electrons. The molecule has 1 aliphatic rings. The molecular formula is C15H16NO+. The quantitative estimate of drug-likeness (QED) is 0.781. The van der Waals surface area contributed by atoms with E-state index in [1.807, 2.05) is 12.1 Å². The minimum atomic E-state index is -0.185. The van der Waals surface area contributed by atoms with Crippen LogP contribution in [-0.2, 0) is 0 Å². The molecule has 0 atom stereocenters. The molecule has 17 heavy (non-hydrogen) atoms. The van der Waals surface area contributed by atoms with Crippen molar-refractivity contribution in [3.8, 4) is 0 Å². The Morgan fingerprint density at radius 1 is 0.765 bits per heavy atom. The number of benzene rings is 2. The van der Waals surface area contributed by atoms with E-state index in [2.05, 4.69) is 48.5 Å². The molecule has 1 saturated heterocycles. The van der Waals surface area contributed by atoms with Gasteiger partial charge in [-0.15, -0.1) is 0 Å². The molecule has 0 bridgehead atoms. The molecule has 2 aromatic carbocycles. The average Bonchev–Trinajstić information content (AvgIpc) is 2.37. The zero-order chi connectivity index (χ0) is 11.7. The van der Waals surface area contributed by atoms with Crippen molar-refractivity contribution in [2.45, 2.75) is 6.10 Å². The summed E-state index contributed by atoms with van der Waals surface area (Å²) < 4.78 is 0.767. The van der Waals surface area contributed by atoms with Gasteiger partial charge in [-0.05, 0) is 24.3 Å². The number of aliphatic hydroxyl groups excluding tert-OH is 1. The molecule has 0 spiro atoms. The van der Waals surface area contributed by atoms with E-state index in [0.717, 1.165) is 17.6 Å². The first-order valence-electron chi connectivity index (χ1n) is 5.98. The summed E-state index contributed by atoms with van der Waals surface area (Å²) in [5.41, 5.74) is 2.51. The fourth-order valence-electron chi connectivity index (χ4n) is 2.66. The van der Waals surface area contributed by atoms with Gasteiger partial charge < -0.3 is 5.11 Å². The minimum absolute atomic E-state index is 0.185. The Hall–Kier alpha value is -1.64. The SMILES string of the molecule is OC1C[N+](c2ccccc2)(c2ccccc2)C1. The van der Waals surface area contributed by atoms with Gasteiger partial charge in [-0.2, -0.15) is 0 Å². The normalized spacial score (nSPS) is 18.6. The van der Waals surface area contributed by atoms with Crippen molar-refractivity contribution in [2.75, 3.05) is 13.1 Å². The van der Waals surface area contributed by atoms with Crippen LogP contribution in [0.1, 0.15) is 0 Å². The lowest BCUT2D eigenvalue weighted by Crippen LogP contribution is -2.64. The third kappa shape index (κ3) is 1.66. The summed E-state index contributed by atoms with van der Waals surface area (Å²) in [4.78, 5) is 0. The number of hydrogen-bond acceptors (Lipinski definition) is 1. The number of hydrogen-bond donors (Lipinski definition) is 1. The van der Waals surface area contributed by atoms with Gasteiger partial charge in [-0.3, -0.25) is 4.48 Å². The second kappa shape index (κ2) is 3.99. The smallest absolute Gasteiger partial charge is 0.153 e. The molecule has 2 nitrogen and oxygen atoms in total. The second-order valence-corrected chi connectivity index (χ2v) is 4.66. The van der Waals surface area contributed by atoms with Gasteiger partial charge in [-0.1, -0.05) is 36.4 Å². The van der Waals surface area contributed by atoms with Crippen molar-refractivity contribution in [2.24, 2.45) is 0 Å². The molecule has 2 heteroatoms. The van der Waals surface area contributed by atoms with Gasteiger partial charge in [0.2, 0.25) is 0 Å². The van der Waals surface area contributed by atoms with Crippen molar-refractivity contribution in [1.29, 1.82) is 0 Å². The third-order valence-electron chi connectivity index (χ3n) is 3.55. The lowest BCUT2D eigenvalue weighted by atomic mass is 10.0. The van der Waals surface area contributed by atoms with Crippen LogP contribution in [0.25, 0.3) is 0 Å². The Morgan fingerprint density at radius 3 is 1.53 bits per heavy atom. The van der Waals surface area contributed by atoms with E-state index in [1.54, 1.807) is 0 Å². The molecule has 0 aromatic heterocycles. The highest BCUT2D eigenvalue weighted by molar-refractivity contribution is 5.60. The Bertz CT molecular complexity index is 447. The summed E-state index contributed by atoms with van der Waals surface area (Å²) in [5, 5.41) is 9.69. The number of rotatable bonds is 2. The lowest BCUT2D eigenvalue weighted by molar-refractivity contribution is 0.0410. The number of aliphatic hydroxyl groups is 1. The molecule has 0 saturated carbocycles. The largest absolute Gasteiger partial charge is 0.382 e. The van der Waals surface area contributed by atoms with Gasteiger partial charge in [0.05, 0.1) is 0 Å². The molecular weight excluding hydrogens is 210 g/mol. The van der Waals surface area contributed by atoms with Crippen LogP contribution in [0.4, 0.5) is 11.4 Å². The van der Waals surface area contributed by atoms with Crippen LogP contribution < -0.4 is 4.48 Å². The fraction of sp³-hybridized carbons (Fsp3) is 0.200. The molecule has 1 N–H and O–H groups in total. The van der Waals surface area contributed by atoms with E-state index < -0.39 is 0 Å². The van der Waals surface area contributed by atoms with Crippen molar-refractivity contribution in [3.63, 3.8) is 0 Å².